The largest absolute Gasteiger partial charge is 0.355 e. The summed E-state index contributed by atoms with van der Waals surface area (Å²) in [4.78, 5) is 22.7. The number of aryl methyl sites for hydroxylation is 1. The number of aromatic nitrogens is 3. The van der Waals surface area contributed by atoms with E-state index in [2.05, 4.69) is 9.62 Å². The van der Waals surface area contributed by atoms with Crippen LogP contribution in [0.25, 0.3) is 5.65 Å². The van der Waals surface area contributed by atoms with Crippen LogP contribution in [0.5, 0.6) is 0 Å². The molecule has 1 amide bonds. The van der Waals surface area contributed by atoms with Crippen molar-refractivity contribution >= 4 is 44.7 Å². The Bertz CT molecular complexity index is 1440. The topological polar surface area (TPSA) is 126 Å². The lowest BCUT2D eigenvalue weighted by atomic mass is 9.98. The molecule has 2 saturated heterocycles. The minimum absolute atomic E-state index is 0.141. The molecule has 198 valence electrons. The summed E-state index contributed by atoms with van der Waals surface area (Å²) in [6.45, 7) is 4.26. The number of piperidine rings is 2. The van der Waals surface area contributed by atoms with E-state index in [1.165, 1.54) is 12.1 Å². The first kappa shape index (κ1) is 25.7. The number of hydrogen-bond acceptors (Lipinski definition) is 7. The molecule has 4 heterocycles. The molecule has 2 fully saturated rings. The lowest BCUT2D eigenvalue weighted by Crippen LogP contribution is -2.43. The van der Waals surface area contributed by atoms with Gasteiger partial charge in [-0.05, 0) is 57.2 Å². The van der Waals surface area contributed by atoms with Crippen molar-refractivity contribution in [1.82, 2.24) is 19.5 Å². The van der Waals surface area contributed by atoms with Gasteiger partial charge in [0.1, 0.15) is 5.82 Å². The summed E-state index contributed by atoms with van der Waals surface area (Å²) in [5.41, 5.74) is 9.11. The van der Waals surface area contributed by atoms with E-state index in [9.17, 15) is 13.2 Å². The molecule has 2 aromatic heterocycles. The van der Waals surface area contributed by atoms with Crippen molar-refractivity contribution in [2.75, 3.05) is 35.5 Å². The van der Waals surface area contributed by atoms with E-state index in [0.717, 1.165) is 74.2 Å². The van der Waals surface area contributed by atoms with Crippen molar-refractivity contribution in [3.63, 3.8) is 0 Å². The number of sulfonamides is 1. The molecule has 1 aromatic carbocycles. The molecule has 0 saturated carbocycles. The van der Waals surface area contributed by atoms with Crippen molar-refractivity contribution in [2.24, 2.45) is 5.73 Å². The molecule has 3 aromatic rings. The number of nitrogens with zero attached hydrogens (tertiary/aromatic N) is 5. The molecular formula is C25H32ClN7O3S. The van der Waals surface area contributed by atoms with Gasteiger partial charge in [-0.15, -0.1) is 0 Å². The van der Waals surface area contributed by atoms with Crippen LogP contribution in [-0.4, -0.2) is 65.8 Å². The van der Waals surface area contributed by atoms with Crippen molar-refractivity contribution in [3.05, 3.63) is 52.3 Å². The second-order valence-corrected chi connectivity index (χ2v) is 12.2. The van der Waals surface area contributed by atoms with Gasteiger partial charge in [-0.25, -0.2) is 17.9 Å². The van der Waals surface area contributed by atoms with Gasteiger partial charge in [0.25, 0.3) is 5.91 Å². The molecule has 37 heavy (non-hydrogen) atoms. The second-order valence-electron chi connectivity index (χ2n) is 10.0. The first-order valence-corrected chi connectivity index (χ1v) is 14.8. The van der Waals surface area contributed by atoms with Gasteiger partial charge in [-0.2, -0.15) is 5.10 Å². The van der Waals surface area contributed by atoms with Crippen LogP contribution in [0.15, 0.2) is 30.5 Å². The normalized spacial score (nSPS) is 20.9. The van der Waals surface area contributed by atoms with Crippen molar-refractivity contribution in [1.29, 1.82) is 0 Å². The molecule has 0 radical (unpaired) electrons. The van der Waals surface area contributed by atoms with Crippen molar-refractivity contribution in [3.8, 4) is 0 Å². The smallest absolute Gasteiger partial charge is 0.256 e. The van der Waals surface area contributed by atoms with Crippen LogP contribution in [-0.2, 0) is 10.0 Å². The van der Waals surface area contributed by atoms with E-state index in [4.69, 9.17) is 27.4 Å². The van der Waals surface area contributed by atoms with Crippen molar-refractivity contribution in [2.45, 2.75) is 51.1 Å². The van der Waals surface area contributed by atoms with Gasteiger partial charge in [0.05, 0.1) is 29.2 Å². The van der Waals surface area contributed by atoms with E-state index in [0.29, 0.717) is 11.6 Å². The Labute approximate surface area is 221 Å². The standard InChI is InChI=1S/C25H32ClN7O3S/c1-16-14-33-23(28-24(16)31-10-5-6-18(27)15-31)13-21(29-33)22-7-3-4-11-32(22)25(34)19-12-17(26)8-9-20(19)30-37(2,35)36/h8-9,12-14,18,22,30H,3-7,10-11,15,27H2,1-2H3/t18-,22-/m0/s1. The zero-order valence-electron chi connectivity index (χ0n) is 21.0. The summed E-state index contributed by atoms with van der Waals surface area (Å²) >= 11 is 6.20. The molecule has 0 spiro atoms. The van der Waals surface area contributed by atoms with Crippen LogP contribution in [0.4, 0.5) is 11.5 Å². The zero-order valence-corrected chi connectivity index (χ0v) is 22.6. The highest BCUT2D eigenvalue weighted by molar-refractivity contribution is 7.92. The molecule has 12 heteroatoms. The Balaban J connectivity index is 1.48. The average molecular weight is 546 g/mol. The summed E-state index contributed by atoms with van der Waals surface area (Å²) in [7, 11) is -3.58. The summed E-state index contributed by atoms with van der Waals surface area (Å²) in [6, 6.07) is 6.40. The van der Waals surface area contributed by atoms with Gasteiger partial charge in [0.2, 0.25) is 10.0 Å². The molecular weight excluding hydrogens is 514 g/mol. The minimum atomic E-state index is -3.58. The predicted molar refractivity (Wildman–Crippen MR) is 145 cm³/mol. The number of halogens is 1. The summed E-state index contributed by atoms with van der Waals surface area (Å²) in [5, 5.41) is 5.16. The third-order valence-corrected chi connectivity index (χ3v) is 7.82. The third kappa shape index (κ3) is 5.53. The average Bonchev–Trinajstić information content (AvgIpc) is 3.26. The number of nitrogens with one attached hydrogen (secondary N) is 1. The number of benzene rings is 1. The summed E-state index contributed by atoms with van der Waals surface area (Å²) in [6.07, 6.45) is 7.64. The Morgan fingerprint density at radius 3 is 2.73 bits per heavy atom. The lowest BCUT2D eigenvalue weighted by Gasteiger charge is -2.35. The minimum Gasteiger partial charge on any atom is -0.355 e. The number of rotatable bonds is 5. The first-order valence-electron chi connectivity index (χ1n) is 12.5. The maximum Gasteiger partial charge on any atom is 0.256 e. The van der Waals surface area contributed by atoms with Gasteiger partial charge < -0.3 is 15.5 Å². The van der Waals surface area contributed by atoms with E-state index in [-0.39, 0.29) is 29.2 Å². The van der Waals surface area contributed by atoms with Crippen LogP contribution >= 0.6 is 11.6 Å². The van der Waals surface area contributed by atoms with E-state index < -0.39 is 10.0 Å². The van der Waals surface area contributed by atoms with Gasteiger partial charge in [0, 0.05) is 48.5 Å². The number of amides is 1. The molecule has 10 nitrogen and oxygen atoms in total. The SMILES string of the molecule is Cc1cn2nc([C@@H]3CCCCN3C(=O)c3cc(Cl)ccc3NS(C)(=O)=O)cc2nc1N1CCC[C@H](N)C1. The molecule has 3 N–H and O–H groups in total. The van der Waals surface area contributed by atoms with E-state index in [1.807, 2.05) is 19.2 Å². The fourth-order valence-electron chi connectivity index (χ4n) is 5.32. The fourth-order valence-corrected chi connectivity index (χ4v) is 6.07. The predicted octanol–water partition coefficient (Wildman–Crippen LogP) is 3.36. The Morgan fingerprint density at radius 1 is 1.16 bits per heavy atom. The third-order valence-electron chi connectivity index (χ3n) is 6.99. The number of carbonyl (C=O) groups excluding carboxylic acids is 1. The Hall–Kier alpha value is -2.89. The summed E-state index contributed by atoms with van der Waals surface area (Å²) < 4.78 is 28.0. The van der Waals surface area contributed by atoms with E-state index >= 15 is 0 Å². The highest BCUT2D eigenvalue weighted by Crippen LogP contribution is 2.34. The number of anilines is 2. The number of hydrogen-bond donors (Lipinski definition) is 2. The molecule has 0 bridgehead atoms. The maximum atomic E-state index is 13.8. The van der Waals surface area contributed by atoms with Gasteiger partial charge in [-0.3, -0.25) is 9.52 Å². The lowest BCUT2D eigenvalue weighted by molar-refractivity contribution is 0.0607. The molecule has 2 atom stereocenters. The molecule has 2 aliphatic heterocycles. The van der Waals surface area contributed by atoms with Crippen LogP contribution < -0.4 is 15.4 Å². The van der Waals surface area contributed by atoms with Crippen molar-refractivity contribution < 1.29 is 13.2 Å². The first-order chi connectivity index (χ1) is 17.6. The van der Waals surface area contributed by atoms with Gasteiger partial charge in [0.15, 0.2) is 5.65 Å². The molecule has 0 unspecified atom stereocenters. The van der Waals surface area contributed by atoms with Crippen LogP contribution in [0.3, 0.4) is 0 Å². The Morgan fingerprint density at radius 2 is 1.97 bits per heavy atom. The van der Waals surface area contributed by atoms with E-state index in [1.54, 1.807) is 15.5 Å². The fraction of sp³-hybridized carbons (Fsp3) is 0.480. The second kappa shape index (κ2) is 10.1. The van der Waals surface area contributed by atoms with Crippen LogP contribution in [0.2, 0.25) is 5.02 Å². The summed E-state index contributed by atoms with van der Waals surface area (Å²) in [5.74, 6) is 0.628. The molecule has 0 aliphatic carbocycles. The monoisotopic (exact) mass is 545 g/mol. The Kier molecular flexibility index (Phi) is 7.03. The number of nitrogens with two attached hydrogens (primary N) is 1. The number of carbonyl (C=O) groups is 1. The molecule has 2 aliphatic rings. The quantitative estimate of drug-likeness (QED) is 0.503. The highest BCUT2D eigenvalue weighted by atomic mass is 35.5. The number of likely N-dealkylation sites (tertiary alicyclic amines) is 1. The van der Waals surface area contributed by atoms with Crippen LogP contribution in [0, 0.1) is 6.92 Å². The molecule has 5 rings (SSSR count). The van der Waals surface area contributed by atoms with Gasteiger partial charge >= 0.3 is 0 Å². The maximum absolute atomic E-state index is 13.8. The highest BCUT2D eigenvalue weighted by Gasteiger charge is 2.32. The van der Waals surface area contributed by atoms with Gasteiger partial charge in [-0.1, -0.05) is 11.6 Å². The zero-order chi connectivity index (χ0) is 26.3. The van der Waals surface area contributed by atoms with Crippen LogP contribution in [0.1, 0.15) is 59.8 Å². The number of fused-ring (bicyclic) bond motifs is 1.